The molecule has 0 fully saturated rings. The summed E-state index contributed by atoms with van der Waals surface area (Å²) in [6, 6.07) is 18.5. The van der Waals surface area contributed by atoms with Crippen LogP contribution in [0.25, 0.3) is 22.3 Å². The second-order valence-corrected chi connectivity index (χ2v) is 27.8. The van der Waals surface area contributed by atoms with Crippen molar-refractivity contribution in [1.29, 1.82) is 0 Å². The predicted molar refractivity (Wildman–Crippen MR) is 402 cm³/mol. The van der Waals surface area contributed by atoms with Gasteiger partial charge in [-0.2, -0.15) is 0 Å². The molecule has 0 saturated heterocycles. The highest BCUT2D eigenvalue weighted by Crippen LogP contribution is 2.35. The SMILES string of the molecule is CCCCCCCCCCCC(CCCCCCCCCCCn1c(=O)c2c(ncn2C)n(C)c1=O)(COOCC)C(=O)OCC.CCCCCCCCCCCCN(CC(CCCCCCCCCn1c(=O)c2c(ncn2C)n(C)c1=O)OC(=O)c1ccccc1)C(=O)c1ccccc1. The summed E-state index contributed by atoms with van der Waals surface area (Å²) in [7, 11) is 6.86. The minimum Gasteiger partial charge on any atom is -0.465 e. The molecule has 4 heterocycles. The molecule has 558 valence electrons. The van der Waals surface area contributed by atoms with Crippen LogP contribution in [-0.2, 0) is 65.3 Å². The molecule has 0 aliphatic heterocycles. The molecule has 2 aromatic carbocycles. The molecule has 0 bridgehead atoms. The number of esters is 2. The number of nitrogens with zero attached hydrogens (tertiary/aromatic N) is 9. The van der Waals surface area contributed by atoms with Crippen LogP contribution in [0.5, 0.6) is 0 Å². The Morgan fingerprint density at radius 3 is 1.27 bits per heavy atom. The minimum atomic E-state index is -0.642. The lowest BCUT2D eigenvalue weighted by Crippen LogP contribution is -2.40. The number of rotatable bonds is 54. The highest BCUT2D eigenvalue weighted by molar-refractivity contribution is 5.94. The molecule has 0 saturated carbocycles. The first-order valence-electron chi connectivity index (χ1n) is 38.9. The molecular formula is C80H127N9O11. The number of imidazole rings is 2. The molecular weight excluding hydrogens is 1260 g/mol. The van der Waals surface area contributed by atoms with E-state index in [-0.39, 0.29) is 47.0 Å². The smallest absolute Gasteiger partial charge is 0.338 e. The molecule has 0 aliphatic carbocycles. The first kappa shape index (κ1) is 83.7. The van der Waals surface area contributed by atoms with Crippen molar-refractivity contribution in [2.45, 2.75) is 291 Å². The Balaban J connectivity index is 0.000000366. The van der Waals surface area contributed by atoms with Gasteiger partial charge in [-0.25, -0.2) is 34.1 Å². The van der Waals surface area contributed by atoms with Gasteiger partial charge in [-0.3, -0.25) is 37.4 Å². The largest absolute Gasteiger partial charge is 0.465 e. The number of aryl methyl sites for hydroxylation is 4. The average Bonchev–Trinajstić information content (AvgIpc) is 1.58. The summed E-state index contributed by atoms with van der Waals surface area (Å²) < 4.78 is 20.6. The summed E-state index contributed by atoms with van der Waals surface area (Å²) >= 11 is 0. The molecule has 2 unspecified atom stereocenters. The van der Waals surface area contributed by atoms with Gasteiger partial charge in [0.1, 0.15) is 6.10 Å². The summed E-state index contributed by atoms with van der Waals surface area (Å²) in [5.74, 6) is -0.523. The summed E-state index contributed by atoms with van der Waals surface area (Å²) in [6.07, 6.45) is 44.6. The van der Waals surface area contributed by atoms with E-state index >= 15 is 0 Å². The van der Waals surface area contributed by atoms with Crippen LogP contribution in [0.2, 0.25) is 0 Å². The third kappa shape index (κ3) is 28.5. The summed E-state index contributed by atoms with van der Waals surface area (Å²) in [4.78, 5) is 113. The standard InChI is InChI=1S/C44H63N5O5.C36H64N4O6/c1-4-5-6-7-8-9-10-13-16-25-32-48(41(50)36-27-20-18-21-28-36)34-38(54-43(52)37-29-22-19-23-30-37)31-24-15-12-11-14-17-26-33-49-42(51)39-40(45-35-46(39)2)47(3)44(49)53;1-6-9-10-11-12-14-17-20-23-26-36(29-46-45-8-3,34(42)44-7-2)27-24-21-18-15-13-16-19-22-25-28-40-33(41)31-32(37-30-38(31)4)39(5)35(40)43/h18-23,27-30,35,38H,4-17,24-26,31-34H2,1-3H3;30H,6-29H2,1-5H3. The van der Waals surface area contributed by atoms with E-state index in [1.807, 2.05) is 67.3 Å². The van der Waals surface area contributed by atoms with Crippen LogP contribution in [0.4, 0.5) is 0 Å². The molecule has 6 rings (SSSR count). The fourth-order valence-corrected chi connectivity index (χ4v) is 13.6. The number of aromatic nitrogens is 8. The maximum Gasteiger partial charge on any atom is 0.338 e. The number of carbonyl (C=O) groups excluding carboxylic acids is 3. The van der Waals surface area contributed by atoms with Crippen molar-refractivity contribution < 1.29 is 33.6 Å². The fraction of sp³-hybridized carbons (Fsp3) is 0.688. The van der Waals surface area contributed by atoms with Gasteiger partial charge in [0.05, 0.1) is 50.0 Å². The molecule has 0 radical (unpaired) electrons. The zero-order valence-electron chi connectivity index (χ0n) is 62.8. The number of hydrogen-bond donors (Lipinski definition) is 0. The lowest BCUT2D eigenvalue weighted by atomic mass is 9.78. The molecule has 20 nitrogen and oxygen atoms in total. The Hall–Kier alpha value is -6.93. The van der Waals surface area contributed by atoms with Gasteiger partial charge in [-0.15, -0.1) is 0 Å². The van der Waals surface area contributed by atoms with E-state index in [9.17, 15) is 33.6 Å². The molecule has 100 heavy (non-hydrogen) atoms. The molecule has 20 heteroatoms. The van der Waals surface area contributed by atoms with E-state index in [2.05, 4.69) is 23.8 Å². The van der Waals surface area contributed by atoms with Gasteiger partial charge in [0.15, 0.2) is 22.3 Å². The number of fused-ring (bicyclic) bond motifs is 2. The van der Waals surface area contributed by atoms with Crippen molar-refractivity contribution in [3.05, 3.63) is 126 Å². The van der Waals surface area contributed by atoms with E-state index in [0.29, 0.717) is 79.3 Å². The number of ether oxygens (including phenoxy) is 2. The molecule has 0 spiro atoms. The number of benzene rings is 2. The van der Waals surface area contributed by atoms with Gasteiger partial charge in [-0.05, 0) is 83.1 Å². The third-order valence-corrected chi connectivity index (χ3v) is 19.6. The number of hydrogen-bond acceptors (Lipinski definition) is 13. The van der Waals surface area contributed by atoms with Gasteiger partial charge in [-0.1, -0.05) is 249 Å². The van der Waals surface area contributed by atoms with Gasteiger partial charge >= 0.3 is 23.3 Å². The van der Waals surface area contributed by atoms with Crippen LogP contribution in [0.15, 0.2) is 92.5 Å². The second kappa shape index (κ2) is 48.8. The molecule has 4 aromatic heterocycles. The summed E-state index contributed by atoms with van der Waals surface area (Å²) in [5, 5.41) is 0. The van der Waals surface area contributed by atoms with Gasteiger partial charge in [0, 0.05) is 53.4 Å². The Labute approximate surface area is 596 Å². The Bertz CT molecular complexity index is 3500. The van der Waals surface area contributed by atoms with E-state index < -0.39 is 11.5 Å². The molecule has 1 amide bonds. The maximum absolute atomic E-state index is 13.8. The molecule has 2 atom stereocenters. The molecule has 6 aromatic rings. The minimum absolute atomic E-state index is 0.0207. The normalized spacial score (nSPS) is 12.4. The van der Waals surface area contributed by atoms with Crippen molar-refractivity contribution in [2.24, 2.45) is 33.6 Å². The monoisotopic (exact) mass is 1390 g/mol. The van der Waals surface area contributed by atoms with Gasteiger partial charge in [0.25, 0.3) is 17.0 Å². The Kier molecular flexibility index (Phi) is 40.9. The van der Waals surface area contributed by atoms with Crippen LogP contribution in [0, 0.1) is 5.41 Å². The van der Waals surface area contributed by atoms with Crippen LogP contribution >= 0.6 is 0 Å². The quantitative estimate of drug-likeness (QED) is 0.0150. The van der Waals surface area contributed by atoms with Crippen molar-refractivity contribution in [3.63, 3.8) is 0 Å². The fourth-order valence-electron chi connectivity index (χ4n) is 13.6. The van der Waals surface area contributed by atoms with E-state index in [1.165, 1.54) is 115 Å². The Morgan fingerprint density at radius 1 is 0.460 bits per heavy atom. The summed E-state index contributed by atoms with van der Waals surface area (Å²) in [6.45, 7) is 11.2. The predicted octanol–water partition coefficient (Wildman–Crippen LogP) is 16.6. The van der Waals surface area contributed by atoms with Gasteiger partial charge < -0.3 is 23.5 Å². The van der Waals surface area contributed by atoms with Crippen LogP contribution < -0.4 is 22.5 Å². The van der Waals surface area contributed by atoms with E-state index in [1.54, 1.807) is 62.1 Å². The summed E-state index contributed by atoms with van der Waals surface area (Å²) in [5.41, 5.74) is 1.08. The highest BCUT2D eigenvalue weighted by atomic mass is 17.2. The zero-order chi connectivity index (χ0) is 72.2. The zero-order valence-corrected chi connectivity index (χ0v) is 62.8. The number of amides is 1. The Morgan fingerprint density at radius 2 is 0.850 bits per heavy atom. The lowest BCUT2D eigenvalue weighted by molar-refractivity contribution is -0.307. The topological polar surface area (TPSA) is 215 Å². The third-order valence-electron chi connectivity index (χ3n) is 19.6. The van der Waals surface area contributed by atoms with Crippen molar-refractivity contribution in [2.75, 3.05) is 32.9 Å². The second-order valence-electron chi connectivity index (χ2n) is 27.8. The van der Waals surface area contributed by atoms with Crippen LogP contribution in [0.1, 0.15) is 292 Å². The average molecular weight is 1390 g/mol. The highest BCUT2D eigenvalue weighted by Gasteiger charge is 2.40. The maximum atomic E-state index is 13.8. The van der Waals surface area contributed by atoms with Crippen LogP contribution in [-0.4, -0.2) is 99.1 Å². The molecule has 0 N–H and O–H groups in total. The van der Waals surface area contributed by atoms with E-state index in [4.69, 9.17) is 19.2 Å². The van der Waals surface area contributed by atoms with Crippen LogP contribution in [0.3, 0.4) is 0 Å². The first-order valence-corrected chi connectivity index (χ1v) is 38.9. The van der Waals surface area contributed by atoms with Gasteiger partial charge in [0.2, 0.25) is 0 Å². The van der Waals surface area contributed by atoms with E-state index in [0.717, 1.165) is 141 Å². The van der Waals surface area contributed by atoms with Crippen molar-refractivity contribution in [1.82, 2.24) is 42.3 Å². The van der Waals surface area contributed by atoms with Crippen molar-refractivity contribution >= 4 is 40.2 Å². The molecule has 0 aliphatic rings. The number of carbonyl (C=O) groups is 3. The first-order chi connectivity index (χ1) is 48.6. The lowest BCUT2D eigenvalue weighted by Gasteiger charge is -2.31. The van der Waals surface area contributed by atoms with Crippen molar-refractivity contribution in [3.8, 4) is 0 Å². The number of unbranched alkanes of at least 4 members (excludes halogenated alkanes) is 31.